The molecule has 1 unspecified atom stereocenters. The predicted octanol–water partition coefficient (Wildman–Crippen LogP) is 0.724. The van der Waals surface area contributed by atoms with E-state index in [1.54, 1.807) is 12.4 Å². The Morgan fingerprint density at radius 3 is 2.75 bits per heavy atom. The summed E-state index contributed by atoms with van der Waals surface area (Å²) in [6.07, 6.45) is 3.75. The van der Waals surface area contributed by atoms with Gasteiger partial charge in [-0.05, 0) is 37.7 Å². The molecule has 0 aliphatic rings. The maximum atomic E-state index is 9.58. The molecule has 12 heavy (non-hydrogen) atoms. The van der Waals surface area contributed by atoms with Crippen molar-refractivity contribution in [3.8, 4) is 0 Å². The van der Waals surface area contributed by atoms with E-state index < -0.39 is 0 Å². The summed E-state index contributed by atoms with van der Waals surface area (Å²) < 4.78 is 0. The summed E-state index contributed by atoms with van der Waals surface area (Å²) in [7, 11) is 1.87. The van der Waals surface area contributed by atoms with Gasteiger partial charge in [-0.1, -0.05) is 0 Å². The van der Waals surface area contributed by atoms with Crippen molar-refractivity contribution in [3.63, 3.8) is 0 Å². The average molecular weight is 166 g/mol. The second kappa shape index (κ2) is 4.85. The Bertz CT molecular complexity index is 213. The molecule has 1 atom stereocenters. The normalized spacial score (nSPS) is 12.8. The molecule has 3 nitrogen and oxygen atoms in total. The lowest BCUT2D eigenvalue weighted by Gasteiger charge is -2.09. The molecule has 0 saturated heterocycles. The highest BCUT2D eigenvalue weighted by atomic mass is 16.3. The van der Waals surface area contributed by atoms with E-state index in [1.165, 1.54) is 0 Å². The first-order valence-corrected chi connectivity index (χ1v) is 4.07. The van der Waals surface area contributed by atoms with Crippen LogP contribution in [-0.4, -0.2) is 23.7 Å². The van der Waals surface area contributed by atoms with E-state index in [-0.39, 0.29) is 6.10 Å². The first-order chi connectivity index (χ1) is 5.84. The van der Waals surface area contributed by atoms with Crippen LogP contribution in [0.25, 0.3) is 0 Å². The van der Waals surface area contributed by atoms with Gasteiger partial charge in [-0.15, -0.1) is 0 Å². The van der Waals surface area contributed by atoms with Crippen LogP contribution < -0.4 is 5.32 Å². The summed E-state index contributed by atoms with van der Waals surface area (Å²) in [5, 5.41) is 12.6. The van der Waals surface area contributed by atoms with Gasteiger partial charge in [-0.25, -0.2) is 0 Å². The van der Waals surface area contributed by atoms with Crippen LogP contribution in [0.1, 0.15) is 18.1 Å². The Morgan fingerprint density at radius 1 is 1.50 bits per heavy atom. The third kappa shape index (κ3) is 2.60. The molecule has 66 valence electrons. The molecule has 0 aliphatic heterocycles. The molecule has 0 aromatic carbocycles. The largest absolute Gasteiger partial charge is 0.388 e. The lowest BCUT2D eigenvalue weighted by atomic mass is 10.1. The van der Waals surface area contributed by atoms with Crippen molar-refractivity contribution in [1.29, 1.82) is 0 Å². The molecule has 1 heterocycles. The first kappa shape index (κ1) is 9.16. The summed E-state index contributed by atoms with van der Waals surface area (Å²) >= 11 is 0. The van der Waals surface area contributed by atoms with Gasteiger partial charge in [-0.2, -0.15) is 0 Å². The van der Waals surface area contributed by atoms with Crippen LogP contribution in [0.4, 0.5) is 0 Å². The SMILES string of the molecule is CNCCC(O)c1ccncc1. The zero-order chi connectivity index (χ0) is 8.81. The second-order valence-electron chi connectivity index (χ2n) is 2.69. The van der Waals surface area contributed by atoms with Gasteiger partial charge in [0.25, 0.3) is 0 Å². The van der Waals surface area contributed by atoms with E-state index in [0.717, 1.165) is 18.5 Å². The minimum absolute atomic E-state index is 0.375. The molecular weight excluding hydrogens is 152 g/mol. The fraction of sp³-hybridized carbons (Fsp3) is 0.444. The molecule has 1 aromatic rings. The van der Waals surface area contributed by atoms with E-state index in [9.17, 15) is 5.11 Å². The van der Waals surface area contributed by atoms with E-state index in [4.69, 9.17) is 0 Å². The third-order valence-electron chi connectivity index (χ3n) is 1.76. The number of aromatic nitrogens is 1. The maximum Gasteiger partial charge on any atom is 0.0803 e. The zero-order valence-corrected chi connectivity index (χ0v) is 7.20. The van der Waals surface area contributed by atoms with Crippen LogP contribution >= 0.6 is 0 Å². The van der Waals surface area contributed by atoms with Crippen LogP contribution in [0.5, 0.6) is 0 Å². The highest BCUT2D eigenvalue weighted by Crippen LogP contribution is 2.13. The van der Waals surface area contributed by atoms with Crippen molar-refractivity contribution in [2.75, 3.05) is 13.6 Å². The minimum atomic E-state index is -0.375. The number of nitrogens with one attached hydrogen (secondary N) is 1. The zero-order valence-electron chi connectivity index (χ0n) is 7.20. The van der Waals surface area contributed by atoms with Crippen LogP contribution in [-0.2, 0) is 0 Å². The molecule has 0 amide bonds. The van der Waals surface area contributed by atoms with Crippen LogP contribution in [0.2, 0.25) is 0 Å². The van der Waals surface area contributed by atoms with Gasteiger partial charge in [0.05, 0.1) is 6.10 Å². The number of aliphatic hydroxyl groups is 1. The molecule has 3 heteroatoms. The lowest BCUT2D eigenvalue weighted by molar-refractivity contribution is 0.167. The number of nitrogens with zero attached hydrogens (tertiary/aromatic N) is 1. The smallest absolute Gasteiger partial charge is 0.0803 e. The van der Waals surface area contributed by atoms with Gasteiger partial charge in [0.2, 0.25) is 0 Å². The van der Waals surface area contributed by atoms with Crippen molar-refractivity contribution >= 4 is 0 Å². The highest BCUT2D eigenvalue weighted by Gasteiger charge is 2.04. The fourth-order valence-corrected chi connectivity index (χ4v) is 1.03. The van der Waals surface area contributed by atoms with Crippen LogP contribution in [0, 0.1) is 0 Å². The first-order valence-electron chi connectivity index (χ1n) is 4.07. The quantitative estimate of drug-likeness (QED) is 0.693. The van der Waals surface area contributed by atoms with Crippen LogP contribution in [0.3, 0.4) is 0 Å². The molecule has 0 saturated carbocycles. The topological polar surface area (TPSA) is 45.1 Å². The van der Waals surface area contributed by atoms with Gasteiger partial charge < -0.3 is 10.4 Å². The standard InChI is InChI=1S/C9H14N2O/c1-10-5-4-9(12)8-2-6-11-7-3-8/h2-3,6-7,9-10,12H,4-5H2,1H3. The molecule has 0 fully saturated rings. The van der Waals surface area contributed by atoms with Crippen molar-refractivity contribution in [3.05, 3.63) is 30.1 Å². The molecule has 1 aromatic heterocycles. The van der Waals surface area contributed by atoms with E-state index in [1.807, 2.05) is 19.2 Å². The number of pyridine rings is 1. The summed E-state index contributed by atoms with van der Waals surface area (Å²) in [5.41, 5.74) is 0.931. The molecule has 0 bridgehead atoms. The summed E-state index contributed by atoms with van der Waals surface area (Å²) in [6.45, 7) is 0.823. The Balaban J connectivity index is 2.48. The summed E-state index contributed by atoms with van der Waals surface area (Å²) in [6, 6.07) is 3.67. The van der Waals surface area contributed by atoms with Crippen LogP contribution in [0.15, 0.2) is 24.5 Å². The summed E-state index contributed by atoms with van der Waals surface area (Å²) in [5.74, 6) is 0. The predicted molar refractivity (Wildman–Crippen MR) is 47.7 cm³/mol. The lowest BCUT2D eigenvalue weighted by Crippen LogP contribution is -2.11. The Hall–Kier alpha value is -0.930. The second-order valence-corrected chi connectivity index (χ2v) is 2.69. The molecular formula is C9H14N2O. The van der Waals surface area contributed by atoms with Gasteiger partial charge in [0, 0.05) is 12.4 Å². The average Bonchev–Trinajstić information content (AvgIpc) is 2.15. The third-order valence-corrected chi connectivity index (χ3v) is 1.76. The van der Waals surface area contributed by atoms with Gasteiger partial charge in [0.1, 0.15) is 0 Å². The monoisotopic (exact) mass is 166 g/mol. The number of hydrogen-bond donors (Lipinski definition) is 2. The van der Waals surface area contributed by atoms with E-state index >= 15 is 0 Å². The number of hydrogen-bond acceptors (Lipinski definition) is 3. The highest BCUT2D eigenvalue weighted by molar-refractivity contribution is 5.12. The van der Waals surface area contributed by atoms with Gasteiger partial charge in [-0.3, -0.25) is 4.98 Å². The molecule has 0 spiro atoms. The molecule has 1 rings (SSSR count). The molecule has 0 aliphatic carbocycles. The Labute approximate surface area is 72.5 Å². The van der Waals surface area contributed by atoms with Crippen molar-refractivity contribution < 1.29 is 5.11 Å². The molecule has 2 N–H and O–H groups in total. The van der Waals surface area contributed by atoms with Crippen molar-refractivity contribution in [2.45, 2.75) is 12.5 Å². The molecule has 0 radical (unpaired) electrons. The number of rotatable bonds is 4. The fourth-order valence-electron chi connectivity index (χ4n) is 1.03. The van der Waals surface area contributed by atoms with Gasteiger partial charge in [0.15, 0.2) is 0 Å². The van der Waals surface area contributed by atoms with E-state index in [2.05, 4.69) is 10.3 Å². The summed E-state index contributed by atoms with van der Waals surface area (Å²) in [4.78, 5) is 3.88. The van der Waals surface area contributed by atoms with Crippen molar-refractivity contribution in [2.24, 2.45) is 0 Å². The Kier molecular flexibility index (Phi) is 3.70. The van der Waals surface area contributed by atoms with E-state index in [0.29, 0.717) is 0 Å². The van der Waals surface area contributed by atoms with Gasteiger partial charge >= 0.3 is 0 Å². The maximum absolute atomic E-state index is 9.58. The number of aliphatic hydroxyl groups excluding tert-OH is 1. The minimum Gasteiger partial charge on any atom is -0.388 e. The van der Waals surface area contributed by atoms with Crippen molar-refractivity contribution in [1.82, 2.24) is 10.3 Å². The Morgan fingerprint density at radius 2 is 2.17 bits per heavy atom.